The lowest BCUT2D eigenvalue weighted by Crippen LogP contribution is -2.23. The summed E-state index contributed by atoms with van der Waals surface area (Å²) in [5, 5.41) is 19.8. The van der Waals surface area contributed by atoms with Crippen molar-refractivity contribution in [2.24, 2.45) is 5.92 Å². The van der Waals surface area contributed by atoms with Crippen molar-refractivity contribution in [1.29, 1.82) is 0 Å². The molecule has 0 aromatic carbocycles. The molecule has 5 nitrogen and oxygen atoms in total. The van der Waals surface area contributed by atoms with E-state index in [0.717, 1.165) is 19.4 Å². The normalized spacial score (nSPS) is 25.8. The van der Waals surface area contributed by atoms with Gasteiger partial charge in [-0.1, -0.05) is 0 Å². The average molecular weight is 183 g/mol. The molecular weight excluding hydrogens is 170 g/mol. The fraction of sp³-hybridized carbons (Fsp3) is 0.750. The lowest BCUT2D eigenvalue weighted by molar-refractivity contribution is -0.0116. The third kappa shape index (κ3) is 1.87. The third-order valence-corrected chi connectivity index (χ3v) is 2.38. The highest BCUT2D eigenvalue weighted by molar-refractivity contribution is 4.98. The zero-order valence-electron chi connectivity index (χ0n) is 7.31. The van der Waals surface area contributed by atoms with E-state index in [9.17, 15) is 5.11 Å². The Labute approximate surface area is 76.1 Å². The van der Waals surface area contributed by atoms with Crippen molar-refractivity contribution >= 4 is 0 Å². The van der Waals surface area contributed by atoms with Crippen molar-refractivity contribution < 1.29 is 9.84 Å². The molecule has 13 heavy (non-hydrogen) atoms. The highest BCUT2D eigenvalue weighted by atomic mass is 16.5. The van der Waals surface area contributed by atoms with Crippen molar-refractivity contribution in [2.45, 2.75) is 18.9 Å². The predicted octanol–water partition coefficient (Wildman–Crippen LogP) is 0.265. The van der Waals surface area contributed by atoms with Gasteiger partial charge in [-0.25, -0.2) is 0 Å². The van der Waals surface area contributed by atoms with E-state index in [1.807, 2.05) is 0 Å². The number of ether oxygens (including phenoxy) is 1. The molecule has 0 bridgehead atoms. The summed E-state index contributed by atoms with van der Waals surface area (Å²) in [6, 6.07) is 0. The third-order valence-electron chi connectivity index (χ3n) is 2.38. The van der Waals surface area contributed by atoms with Gasteiger partial charge in [-0.05, 0) is 12.8 Å². The Morgan fingerprint density at radius 3 is 3.23 bits per heavy atom. The van der Waals surface area contributed by atoms with E-state index in [0.29, 0.717) is 12.3 Å². The van der Waals surface area contributed by atoms with Crippen LogP contribution in [0.1, 0.15) is 24.6 Å². The van der Waals surface area contributed by atoms with E-state index in [1.54, 1.807) is 6.20 Å². The minimum atomic E-state index is -0.543. The van der Waals surface area contributed by atoms with E-state index >= 15 is 0 Å². The van der Waals surface area contributed by atoms with Crippen molar-refractivity contribution in [3.05, 3.63) is 11.9 Å². The molecular formula is C8H13N3O2. The van der Waals surface area contributed by atoms with Crippen LogP contribution in [0.4, 0.5) is 0 Å². The Kier molecular flexibility index (Phi) is 2.56. The largest absolute Gasteiger partial charge is 0.386 e. The highest BCUT2D eigenvalue weighted by Crippen LogP contribution is 2.26. The second-order valence-corrected chi connectivity index (χ2v) is 3.32. The first-order valence-electron chi connectivity index (χ1n) is 4.49. The molecule has 0 amide bonds. The van der Waals surface area contributed by atoms with E-state index in [4.69, 9.17) is 4.74 Å². The lowest BCUT2D eigenvalue weighted by atomic mass is 9.94. The summed E-state index contributed by atoms with van der Waals surface area (Å²) in [6.07, 6.45) is 3.02. The smallest absolute Gasteiger partial charge is 0.111 e. The molecule has 1 saturated heterocycles. The first kappa shape index (κ1) is 8.65. The van der Waals surface area contributed by atoms with Crippen LogP contribution in [-0.2, 0) is 4.74 Å². The van der Waals surface area contributed by atoms with Crippen molar-refractivity contribution in [2.75, 3.05) is 13.2 Å². The zero-order valence-corrected chi connectivity index (χ0v) is 7.31. The lowest BCUT2D eigenvalue weighted by Gasteiger charge is -2.25. The molecule has 2 unspecified atom stereocenters. The number of aromatic nitrogens is 3. The molecule has 5 heteroatoms. The number of aliphatic hydroxyl groups is 1. The standard InChI is InChI=1S/C8H13N3O2/c12-8(7-4-9-11-10-7)6-2-1-3-13-5-6/h4,6,8,12H,1-3,5H2,(H,9,10,11). The van der Waals surface area contributed by atoms with Crippen LogP contribution >= 0.6 is 0 Å². The predicted molar refractivity (Wildman–Crippen MR) is 44.9 cm³/mol. The van der Waals surface area contributed by atoms with Gasteiger partial charge in [0.2, 0.25) is 0 Å². The minimum Gasteiger partial charge on any atom is -0.386 e. The summed E-state index contributed by atoms with van der Waals surface area (Å²) in [6.45, 7) is 1.43. The molecule has 1 aliphatic heterocycles. The fourth-order valence-electron chi connectivity index (χ4n) is 1.61. The van der Waals surface area contributed by atoms with Crippen LogP contribution in [0.2, 0.25) is 0 Å². The number of rotatable bonds is 2. The van der Waals surface area contributed by atoms with E-state index in [-0.39, 0.29) is 5.92 Å². The van der Waals surface area contributed by atoms with Gasteiger partial charge in [0.25, 0.3) is 0 Å². The van der Waals surface area contributed by atoms with Gasteiger partial charge >= 0.3 is 0 Å². The second kappa shape index (κ2) is 3.85. The molecule has 0 radical (unpaired) electrons. The monoisotopic (exact) mass is 183 g/mol. The molecule has 1 aromatic rings. The Morgan fingerprint density at radius 1 is 1.69 bits per heavy atom. The van der Waals surface area contributed by atoms with Crippen molar-refractivity contribution in [3.8, 4) is 0 Å². The molecule has 2 atom stereocenters. The first-order valence-corrected chi connectivity index (χ1v) is 4.49. The molecule has 72 valence electrons. The van der Waals surface area contributed by atoms with Gasteiger partial charge in [0.1, 0.15) is 11.8 Å². The molecule has 1 fully saturated rings. The number of nitrogens with one attached hydrogen (secondary N) is 1. The zero-order chi connectivity index (χ0) is 9.10. The Morgan fingerprint density at radius 2 is 2.62 bits per heavy atom. The molecule has 1 aliphatic rings. The van der Waals surface area contributed by atoms with Crippen molar-refractivity contribution in [3.63, 3.8) is 0 Å². The Bertz CT molecular complexity index is 244. The van der Waals surface area contributed by atoms with E-state index in [2.05, 4.69) is 15.4 Å². The molecule has 2 N–H and O–H groups in total. The van der Waals surface area contributed by atoms with Crippen LogP contribution in [-0.4, -0.2) is 33.7 Å². The van der Waals surface area contributed by atoms with Crippen LogP contribution in [0.25, 0.3) is 0 Å². The summed E-state index contributed by atoms with van der Waals surface area (Å²) in [5.74, 6) is 0.166. The van der Waals surface area contributed by atoms with Crippen LogP contribution in [0.5, 0.6) is 0 Å². The van der Waals surface area contributed by atoms with Crippen LogP contribution in [0.15, 0.2) is 6.20 Å². The van der Waals surface area contributed by atoms with Gasteiger partial charge in [0.15, 0.2) is 0 Å². The van der Waals surface area contributed by atoms with E-state index in [1.165, 1.54) is 0 Å². The van der Waals surface area contributed by atoms with Crippen LogP contribution in [0.3, 0.4) is 0 Å². The van der Waals surface area contributed by atoms with Gasteiger partial charge in [-0.3, -0.25) is 0 Å². The average Bonchev–Trinajstić information content (AvgIpc) is 2.71. The summed E-state index contributed by atoms with van der Waals surface area (Å²) in [7, 11) is 0. The SMILES string of the molecule is OC(c1cn[nH]n1)C1CCCOC1. The van der Waals surface area contributed by atoms with Crippen LogP contribution < -0.4 is 0 Å². The maximum atomic E-state index is 9.83. The maximum Gasteiger partial charge on any atom is 0.111 e. The maximum absolute atomic E-state index is 9.83. The number of hydrogen-bond acceptors (Lipinski definition) is 4. The number of nitrogens with zero attached hydrogens (tertiary/aromatic N) is 2. The number of H-pyrrole nitrogens is 1. The first-order chi connectivity index (χ1) is 6.38. The molecule has 0 saturated carbocycles. The molecule has 2 rings (SSSR count). The van der Waals surface area contributed by atoms with Crippen molar-refractivity contribution in [1.82, 2.24) is 15.4 Å². The summed E-state index contributed by atoms with van der Waals surface area (Å²) >= 11 is 0. The van der Waals surface area contributed by atoms with Gasteiger partial charge in [0, 0.05) is 12.5 Å². The highest BCUT2D eigenvalue weighted by Gasteiger charge is 2.25. The van der Waals surface area contributed by atoms with Crippen LogP contribution in [0, 0.1) is 5.92 Å². The number of aromatic amines is 1. The number of hydrogen-bond donors (Lipinski definition) is 2. The Balaban J connectivity index is 1.99. The summed E-state index contributed by atoms with van der Waals surface area (Å²) in [4.78, 5) is 0. The quantitative estimate of drug-likeness (QED) is 0.690. The second-order valence-electron chi connectivity index (χ2n) is 3.32. The molecule has 0 spiro atoms. The van der Waals surface area contributed by atoms with Gasteiger partial charge in [-0.15, -0.1) is 0 Å². The van der Waals surface area contributed by atoms with Gasteiger partial charge in [-0.2, -0.15) is 15.4 Å². The molecule has 1 aromatic heterocycles. The van der Waals surface area contributed by atoms with E-state index < -0.39 is 6.10 Å². The minimum absolute atomic E-state index is 0.166. The summed E-state index contributed by atoms with van der Waals surface area (Å²) in [5.41, 5.74) is 0.607. The molecule has 2 heterocycles. The van der Waals surface area contributed by atoms with Gasteiger partial charge in [0.05, 0.1) is 12.8 Å². The Hall–Kier alpha value is -0.940. The number of aliphatic hydroxyl groups excluding tert-OH is 1. The topological polar surface area (TPSA) is 71.0 Å². The summed E-state index contributed by atoms with van der Waals surface area (Å²) < 4.78 is 5.28. The molecule has 0 aliphatic carbocycles. The fourth-order valence-corrected chi connectivity index (χ4v) is 1.61. The van der Waals surface area contributed by atoms with Gasteiger partial charge < -0.3 is 9.84 Å².